The Morgan fingerprint density at radius 1 is 1.40 bits per heavy atom. The Balaban J connectivity index is 3.26. The molecule has 0 atom stereocenters. The highest BCUT2D eigenvalue weighted by atomic mass is 79.9. The van der Waals surface area contributed by atoms with E-state index >= 15 is 0 Å². The van der Waals surface area contributed by atoms with Crippen LogP contribution in [0, 0.1) is 22.7 Å². The summed E-state index contributed by atoms with van der Waals surface area (Å²) in [6.07, 6.45) is 1.49. The van der Waals surface area contributed by atoms with Crippen LogP contribution in [-0.2, 0) is 0 Å². The summed E-state index contributed by atoms with van der Waals surface area (Å²) in [5.74, 6) is 0.626. The monoisotopic (exact) mass is 262 g/mol. The molecule has 1 aromatic carbocycles. The summed E-state index contributed by atoms with van der Waals surface area (Å²) < 4.78 is 5.97. The topological polar surface area (TPSA) is 56.8 Å². The van der Waals surface area contributed by atoms with Gasteiger partial charge in [-0.1, -0.05) is 15.9 Å². The zero-order valence-corrected chi connectivity index (χ0v) is 9.58. The van der Waals surface area contributed by atoms with E-state index < -0.39 is 0 Å². The van der Waals surface area contributed by atoms with E-state index in [-0.39, 0.29) is 5.57 Å². The molecule has 0 fully saturated rings. The third-order valence-corrected chi connectivity index (χ3v) is 2.23. The number of hydrogen-bond acceptors (Lipinski definition) is 3. The molecule has 74 valence electrons. The smallest absolute Gasteiger partial charge is 0.130 e. The third-order valence-electron chi connectivity index (χ3n) is 1.73. The predicted molar refractivity (Wildman–Crippen MR) is 59.9 cm³/mol. The number of nitrogens with zero attached hydrogens (tertiary/aromatic N) is 2. The van der Waals surface area contributed by atoms with E-state index in [1.165, 1.54) is 6.08 Å². The van der Waals surface area contributed by atoms with Crippen LogP contribution >= 0.6 is 15.9 Å². The molecule has 0 saturated heterocycles. The first kappa shape index (κ1) is 11.3. The number of ether oxygens (including phenoxy) is 1. The molecule has 0 heterocycles. The van der Waals surface area contributed by atoms with Crippen LogP contribution < -0.4 is 4.74 Å². The lowest BCUT2D eigenvalue weighted by Crippen LogP contribution is -1.87. The Morgan fingerprint density at radius 3 is 2.60 bits per heavy atom. The lowest BCUT2D eigenvalue weighted by atomic mass is 10.1. The van der Waals surface area contributed by atoms with Gasteiger partial charge in [0.1, 0.15) is 23.5 Å². The molecule has 3 nitrogen and oxygen atoms in total. The summed E-state index contributed by atoms with van der Waals surface area (Å²) in [6.45, 7) is 0. The van der Waals surface area contributed by atoms with Crippen LogP contribution in [0.4, 0.5) is 0 Å². The van der Waals surface area contributed by atoms with Crippen molar-refractivity contribution in [1.29, 1.82) is 10.5 Å². The minimum atomic E-state index is 0.0476. The van der Waals surface area contributed by atoms with Gasteiger partial charge in [0.15, 0.2) is 0 Å². The van der Waals surface area contributed by atoms with Crippen LogP contribution in [0.5, 0.6) is 5.75 Å². The van der Waals surface area contributed by atoms with Gasteiger partial charge >= 0.3 is 0 Å². The van der Waals surface area contributed by atoms with Crippen molar-refractivity contribution in [2.75, 3.05) is 7.11 Å². The largest absolute Gasteiger partial charge is 0.496 e. The number of benzene rings is 1. The fourth-order valence-corrected chi connectivity index (χ4v) is 1.44. The zero-order valence-electron chi connectivity index (χ0n) is 7.99. The Hall–Kier alpha value is -1.78. The molecule has 0 radical (unpaired) electrons. The summed E-state index contributed by atoms with van der Waals surface area (Å²) in [5.41, 5.74) is 0.747. The van der Waals surface area contributed by atoms with Gasteiger partial charge in [-0.05, 0) is 24.3 Å². The highest BCUT2D eigenvalue weighted by Crippen LogP contribution is 2.24. The molecule has 0 aliphatic heterocycles. The molecule has 0 N–H and O–H groups in total. The van der Waals surface area contributed by atoms with Gasteiger partial charge in [-0.25, -0.2) is 0 Å². The lowest BCUT2D eigenvalue weighted by molar-refractivity contribution is 0.414. The van der Waals surface area contributed by atoms with Crippen LogP contribution in [0.1, 0.15) is 5.56 Å². The van der Waals surface area contributed by atoms with E-state index in [4.69, 9.17) is 15.3 Å². The van der Waals surface area contributed by atoms with Crippen molar-refractivity contribution in [2.45, 2.75) is 0 Å². The van der Waals surface area contributed by atoms with E-state index in [0.29, 0.717) is 11.3 Å². The van der Waals surface area contributed by atoms with Gasteiger partial charge in [-0.15, -0.1) is 0 Å². The second-order valence-corrected chi connectivity index (χ2v) is 3.58. The zero-order chi connectivity index (χ0) is 11.3. The Kier molecular flexibility index (Phi) is 3.91. The van der Waals surface area contributed by atoms with Gasteiger partial charge in [0, 0.05) is 10.0 Å². The summed E-state index contributed by atoms with van der Waals surface area (Å²) in [4.78, 5) is 0. The van der Waals surface area contributed by atoms with Crippen molar-refractivity contribution in [3.8, 4) is 17.9 Å². The SMILES string of the molecule is COc1ccc(Br)cc1C=C(C#N)C#N. The van der Waals surface area contributed by atoms with Crippen molar-refractivity contribution in [3.05, 3.63) is 33.8 Å². The number of halogens is 1. The Bertz CT molecular complexity index is 464. The highest BCUT2D eigenvalue weighted by molar-refractivity contribution is 9.10. The first-order valence-electron chi connectivity index (χ1n) is 4.06. The Morgan fingerprint density at radius 2 is 2.07 bits per heavy atom. The average Bonchev–Trinajstić information content (AvgIpc) is 2.26. The standard InChI is InChI=1S/C11H7BrN2O/c1-15-11-3-2-10(12)5-9(11)4-8(6-13)7-14/h2-5H,1H3. The highest BCUT2D eigenvalue weighted by Gasteiger charge is 2.02. The second kappa shape index (κ2) is 5.19. The molecule has 0 saturated carbocycles. The first-order valence-corrected chi connectivity index (χ1v) is 4.86. The van der Waals surface area contributed by atoms with Crippen molar-refractivity contribution < 1.29 is 4.74 Å². The van der Waals surface area contributed by atoms with Gasteiger partial charge in [0.2, 0.25) is 0 Å². The summed E-state index contributed by atoms with van der Waals surface area (Å²) >= 11 is 3.31. The quantitative estimate of drug-likeness (QED) is 0.771. The normalized spacial score (nSPS) is 8.53. The second-order valence-electron chi connectivity index (χ2n) is 2.67. The van der Waals surface area contributed by atoms with Gasteiger partial charge in [-0.3, -0.25) is 0 Å². The van der Waals surface area contributed by atoms with E-state index in [9.17, 15) is 0 Å². The summed E-state index contributed by atoms with van der Waals surface area (Å²) in [7, 11) is 1.54. The van der Waals surface area contributed by atoms with Gasteiger partial charge in [0.05, 0.1) is 7.11 Å². The summed E-state index contributed by atoms with van der Waals surface area (Å²) in [6, 6.07) is 8.98. The maximum Gasteiger partial charge on any atom is 0.130 e. The van der Waals surface area contributed by atoms with Crippen molar-refractivity contribution in [3.63, 3.8) is 0 Å². The number of nitriles is 2. The lowest BCUT2D eigenvalue weighted by Gasteiger charge is -2.04. The van der Waals surface area contributed by atoms with Crippen molar-refractivity contribution in [1.82, 2.24) is 0 Å². The average molecular weight is 263 g/mol. The number of methoxy groups -OCH3 is 1. The molecule has 1 rings (SSSR count). The van der Waals surface area contributed by atoms with Crippen LogP contribution in [0.2, 0.25) is 0 Å². The molecule has 1 aromatic rings. The van der Waals surface area contributed by atoms with E-state index in [1.807, 2.05) is 6.07 Å². The number of allylic oxidation sites excluding steroid dienone is 1. The molecule has 0 amide bonds. The maximum absolute atomic E-state index is 8.63. The fourth-order valence-electron chi connectivity index (χ4n) is 1.06. The van der Waals surface area contributed by atoms with Gasteiger partial charge in [-0.2, -0.15) is 10.5 Å². The molecule has 0 aliphatic rings. The van der Waals surface area contributed by atoms with E-state index in [0.717, 1.165) is 4.47 Å². The molecule has 15 heavy (non-hydrogen) atoms. The first-order chi connectivity index (χ1) is 7.21. The third kappa shape index (κ3) is 2.83. The molecule has 0 spiro atoms. The van der Waals surface area contributed by atoms with Crippen LogP contribution in [0.15, 0.2) is 28.2 Å². The number of rotatable bonds is 2. The van der Waals surface area contributed by atoms with Crippen molar-refractivity contribution in [2.24, 2.45) is 0 Å². The van der Waals surface area contributed by atoms with E-state index in [2.05, 4.69) is 15.9 Å². The molecular weight excluding hydrogens is 256 g/mol. The van der Waals surface area contributed by atoms with Gasteiger partial charge in [0.25, 0.3) is 0 Å². The number of hydrogen-bond donors (Lipinski definition) is 0. The fraction of sp³-hybridized carbons (Fsp3) is 0.0909. The van der Waals surface area contributed by atoms with Crippen molar-refractivity contribution >= 4 is 22.0 Å². The molecule has 0 bridgehead atoms. The Labute approximate surface area is 96.3 Å². The van der Waals surface area contributed by atoms with E-state index in [1.54, 1.807) is 31.4 Å². The summed E-state index contributed by atoms with van der Waals surface area (Å²) in [5, 5.41) is 17.3. The maximum atomic E-state index is 8.63. The van der Waals surface area contributed by atoms with Crippen LogP contribution in [-0.4, -0.2) is 7.11 Å². The molecular formula is C11H7BrN2O. The molecule has 0 aliphatic carbocycles. The minimum absolute atomic E-state index is 0.0476. The van der Waals surface area contributed by atoms with Crippen LogP contribution in [0.3, 0.4) is 0 Å². The van der Waals surface area contributed by atoms with Gasteiger partial charge < -0.3 is 4.74 Å². The van der Waals surface area contributed by atoms with Crippen LogP contribution in [0.25, 0.3) is 6.08 Å². The minimum Gasteiger partial charge on any atom is -0.496 e. The molecule has 4 heteroatoms. The molecule has 0 aromatic heterocycles. The molecule has 0 unspecified atom stereocenters. The predicted octanol–water partition coefficient (Wildman–Crippen LogP) is 2.89.